The summed E-state index contributed by atoms with van der Waals surface area (Å²) in [6.07, 6.45) is 3.65. The second-order valence-corrected chi connectivity index (χ2v) is 5.63. The maximum atomic E-state index is 11.9. The summed E-state index contributed by atoms with van der Waals surface area (Å²) in [4.78, 5) is 11.9. The molecule has 20 heavy (non-hydrogen) atoms. The molecule has 0 saturated heterocycles. The van der Waals surface area contributed by atoms with Crippen molar-refractivity contribution >= 4 is 5.91 Å². The van der Waals surface area contributed by atoms with Crippen molar-refractivity contribution in [3.8, 4) is 0 Å². The summed E-state index contributed by atoms with van der Waals surface area (Å²) in [5, 5.41) is 12.5. The maximum absolute atomic E-state index is 11.9. The zero-order chi connectivity index (χ0) is 14.4. The quantitative estimate of drug-likeness (QED) is 0.684. The highest BCUT2D eigenvalue weighted by Gasteiger charge is 2.34. The van der Waals surface area contributed by atoms with E-state index in [1.807, 2.05) is 18.2 Å². The number of carbonyl (C=O) groups excluding carboxylic acids is 1. The van der Waals surface area contributed by atoms with Crippen molar-refractivity contribution in [1.82, 2.24) is 5.32 Å². The number of carbonyl (C=O) groups is 1. The Hall–Kier alpha value is -1.39. The molecule has 1 fully saturated rings. The molecule has 0 heterocycles. The van der Waals surface area contributed by atoms with E-state index in [1.165, 1.54) is 5.56 Å². The maximum Gasteiger partial charge on any atom is 0.223 e. The highest BCUT2D eigenvalue weighted by molar-refractivity contribution is 5.79. The van der Waals surface area contributed by atoms with Gasteiger partial charge in [-0.2, -0.15) is 0 Å². The van der Waals surface area contributed by atoms with E-state index in [-0.39, 0.29) is 17.9 Å². The summed E-state index contributed by atoms with van der Waals surface area (Å²) in [5.74, 6) is -0.0779. The van der Waals surface area contributed by atoms with E-state index in [2.05, 4.69) is 17.4 Å². The smallest absolute Gasteiger partial charge is 0.223 e. The van der Waals surface area contributed by atoms with Gasteiger partial charge in [-0.3, -0.25) is 4.79 Å². The molecule has 0 unspecified atom stereocenters. The summed E-state index contributed by atoms with van der Waals surface area (Å²) in [5.41, 5.74) is 7.05. The predicted octanol–water partition coefficient (Wildman–Crippen LogP) is 1.22. The molecule has 110 valence electrons. The number of amides is 1. The van der Waals surface area contributed by atoms with E-state index in [1.54, 1.807) is 0 Å². The van der Waals surface area contributed by atoms with Crippen LogP contribution in [0.25, 0.3) is 0 Å². The fourth-order valence-corrected chi connectivity index (χ4v) is 2.72. The van der Waals surface area contributed by atoms with E-state index in [9.17, 15) is 9.90 Å². The topological polar surface area (TPSA) is 75.4 Å². The number of hydrogen-bond acceptors (Lipinski definition) is 3. The zero-order valence-corrected chi connectivity index (χ0v) is 11.8. The molecule has 1 saturated carbocycles. The minimum absolute atomic E-state index is 0.0386. The van der Waals surface area contributed by atoms with Crippen LogP contribution in [-0.2, 0) is 11.2 Å². The molecule has 0 aromatic heterocycles. The molecule has 0 spiro atoms. The van der Waals surface area contributed by atoms with Gasteiger partial charge >= 0.3 is 0 Å². The molecule has 1 aliphatic carbocycles. The molecule has 0 aliphatic heterocycles. The molecule has 1 aromatic carbocycles. The van der Waals surface area contributed by atoms with Crippen molar-refractivity contribution in [3.63, 3.8) is 0 Å². The van der Waals surface area contributed by atoms with Crippen molar-refractivity contribution in [1.29, 1.82) is 0 Å². The third-order valence-corrected chi connectivity index (χ3v) is 3.98. The number of aliphatic hydroxyl groups is 1. The molecule has 1 aromatic rings. The lowest BCUT2D eigenvalue weighted by molar-refractivity contribution is -0.125. The van der Waals surface area contributed by atoms with E-state index >= 15 is 0 Å². The van der Waals surface area contributed by atoms with Gasteiger partial charge in [0.1, 0.15) is 0 Å². The van der Waals surface area contributed by atoms with E-state index in [4.69, 9.17) is 5.73 Å². The van der Waals surface area contributed by atoms with Gasteiger partial charge in [-0.25, -0.2) is 0 Å². The van der Waals surface area contributed by atoms with Gasteiger partial charge in [0.2, 0.25) is 5.91 Å². The Kier molecular flexibility index (Phi) is 5.56. The van der Waals surface area contributed by atoms with Gasteiger partial charge in [-0.1, -0.05) is 30.3 Å². The van der Waals surface area contributed by atoms with Crippen LogP contribution in [0, 0.1) is 5.92 Å². The highest BCUT2D eigenvalue weighted by atomic mass is 16.3. The zero-order valence-electron chi connectivity index (χ0n) is 11.8. The van der Waals surface area contributed by atoms with Gasteiger partial charge < -0.3 is 16.2 Å². The van der Waals surface area contributed by atoms with Crippen molar-refractivity contribution in [2.24, 2.45) is 11.7 Å². The van der Waals surface area contributed by atoms with Crippen LogP contribution in [0.4, 0.5) is 0 Å². The van der Waals surface area contributed by atoms with Crippen molar-refractivity contribution < 1.29 is 9.90 Å². The number of benzene rings is 1. The summed E-state index contributed by atoms with van der Waals surface area (Å²) in [7, 11) is 0. The first-order valence-corrected chi connectivity index (χ1v) is 7.42. The number of unbranched alkanes of at least 4 members (excludes halogenated alkanes) is 1. The van der Waals surface area contributed by atoms with Crippen molar-refractivity contribution in [2.75, 3.05) is 6.54 Å². The Morgan fingerprint density at radius 3 is 2.65 bits per heavy atom. The first kappa shape index (κ1) is 15.0. The summed E-state index contributed by atoms with van der Waals surface area (Å²) in [6.45, 7) is 0.702. The summed E-state index contributed by atoms with van der Waals surface area (Å²) in [6, 6.07) is 10.1. The predicted molar refractivity (Wildman–Crippen MR) is 79.1 cm³/mol. The number of aryl methyl sites for hydroxylation is 1. The average molecular weight is 276 g/mol. The standard InChI is InChI=1S/C16H24N2O2/c17-14-10-13(11-15(14)19)16(20)18-9-5-4-8-12-6-2-1-3-7-12/h1-3,6-7,13-15,19H,4-5,8-11,17H2,(H,18,20)/t13-,14+,15+/m0/s1. The minimum Gasteiger partial charge on any atom is -0.391 e. The van der Waals surface area contributed by atoms with E-state index in [0.29, 0.717) is 19.4 Å². The van der Waals surface area contributed by atoms with Crippen LogP contribution in [0.15, 0.2) is 30.3 Å². The number of nitrogens with two attached hydrogens (primary N) is 1. The second kappa shape index (κ2) is 7.41. The minimum atomic E-state index is -0.524. The fourth-order valence-electron chi connectivity index (χ4n) is 2.72. The Morgan fingerprint density at radius 1 is 1.25 bits per heavy atom. The highest BCUT2D eigenvalue weighted by Crippen LogP contribution is 2.24. The number of hydrogen-bond donors (Lipinski definition) is 3. The Morgan fingerprint density at radius 2 is 2.00 bits per heavy atom. The lowest BCUT2D eigenvalue weighted by atomic mass is 10.1. The second-order valence-electron chi connectivity index (χ2n) is 5.63. The van der Waals surface area contributed by atoms with Gasteiger partial charge in [0.25, 0.3) is 0 Å². The monoisotopic (exact) mass is 276 g/mol. The molecule has 4 N–H and O–H groups in total. The Balaban J connectivity index is 1.58. The Labute approximate surface area is 120 Å². The van der Waals surface area contributed by atoms with E-state index in [0.717, 1.165) is 19.3 Å². The molecule has 4 heteroatoms. The molecular formula is C16H24N2O2. The van der Waals surface area contributed by atoms with Crippen LogP contribution < -0.4 is 11.1 Å². The fraction of sp³-hybridized carbons (Fsp3) is 0.562. The number of nitrogens with one attached hydrogen (secondary N) is 1. The number of rotatable bonds is 6. The molecule has 0 radical (unpaired) electrons. The number of aliphatic hydroxyl groups excluding tert-OH is 1. The van der Waals surface area contributed by atoms with Gasteiger partial charge in [0.05, 0.1) is 6.10 Å². The first-order valence-electron chi connectivity index (χ1n) is 7.42. The van der Waals surface area contributed by atoms with Gasteiger partial charge in [-0.05, 0) is 37.7 Å². The van der Waals surface area contributed by atoms with Crippen LogP contribution >= 0.6 is 0 Å². The molecule has 4 nitrogen and oxygen atoms in total. The van der Waals surface area contributed by atoms with Gasteiger partial charge in [0, 0.05) is 18.5 Å². The van der Waals surface area contributed by atoms with Crippen LogP contribution in [0.3, 0.4) is 0 Å². The summed E-state index contributed by atoms with van der Waals surface area (Å²) < 4.78 is 0. The van der Waals surface area contributed by atoms with Crippen molar-refractivity contribution in [3.05, 3.63) is 35.9 Å². The summed E-state index contributed by atoms with van der Waals surface area (Å²) >= 11 is 0. The third-order valence-electron chi connectivity index (χ3n) is 3.98. The molecule has 2 rings (SSSR count). The lowest BCUT2D eigenvalue weighted by Gasteiger charge is -2.10. The van der Waals surface area contributed by atoms with Gasteiger partial charge in [-0.15, -0.1) is 0 Å². The van der Waals surface area contributed by atoms with Crippen LogP contribution in [0.1, 0.15) is 31.2 Å². The molecular weight excluding hydrogens is 252 g/mol. The van der Waals surface area contributed by atoms with Crippen molar-refractivity contribution in [2.45, 2.75) is 44.2 Å². The molecule has 1 amide bonds. The average Bonchev–Trinajstić information content (AvgIpc) is 2.79. The van der Waals surface area contributed by atoms with Crippen LogP contribution in [0.2, 0.25) is 0 Å². The largest absolute Gasteiger partial charge is 0.391 e. The van der Waals surface area contributed by atoms with Crippen LogP contribution in [-0.4, -0.2) is 29.7 Å². The van der Waals surface area contributed by atoms with Crippen LogP contribution in [0.5, 0.6) is 0 Å². The molecule has 0 bridgehead atoms. The normalized spacial score (nSPS) is 25.6. The molecule has 3 atom stereocenters. The first-order chi connectivity index (χ1) is 9.66. The molecule has 1 aliphatic rings. The lowest BCUT2D eigenvalue weighted by Crippen LogP contribution is -2.31. The third kappa shape index (κ3) is 4.32. The SMILES string of the molecule is N[C@@H]1C[C@H](C(=O)NCCCCc2ccccc2)C[C@H]1O. The van der Waals surface area contributed by atoms with Gasteiger partial charge in [0.15, 0.2) is 0 Å². The van der Waals surface area contributed by atoms with E-state index < -0.39 is 6.10 Å². The Bertz CT molecular complexity index is 412.